The van der Waals surface area contributed by atoms with Gasteiger partial charge in [-0.05, 0) is 38.8 Å². The maximum absolute atomic E-state index is 13.4. The third-order valence-corrected chi connectivity index (χ3v) is 6.91. The summed E-state index contributed by atoms with van der Waals surface area (Å²) >= 11 is 0. The van der Waals surface area contributed by atoms with Gasteiger partial charge in [0.05, 0.1) is 23.1 Å². The van der Waals surface area contributed by atoms with Gasteiger partial charge in [-0.25, -0.2) is 4.79 Å². The summed E-state index contributed by atoms with van der Waals surface area (Å²) < 4.78 is 17.0. The molecule has 0 unspecified atom stereocenters. The molecule has 2 amide bonds. The van der Waals surface area contributed by atoms with Gasteiger partial charge in [-0.1, -0.05) is 52.5 Å². The van der Waals surface area contributed by atoms with E-state index >= 15 is 0 Å². The second kappa shape index (κ2) is 15.1. The van der Waals surface area contributed by atoms with Crippen LogP contribution < -0.4 is 10.6 Å². The van der Waals surface area contributed by atoms with Crippen LogP contribution in [-0.4, -0.2) is 59.7 Å². The first-order valence-electron chi connectivity index (χ1n) is 13.5. The van der Waals surface area contributed by atoms with E-state index in [4.69, 9.17) is 14.2 Å². The molecule has 216 valence electrons. The number of carbonyl (C=O) groups excluding carboxylic acids is 5. The lowest BCUT2D eigenvalue weighted by Gasteiger charge is -2.30. The van der Waals surface area contributed by atoms with E-state index < -0.39 is 65.8 Å². The molecular weight excluding hydrogens is 508 g/mol. The van der Waals surface area contributed by atoms with Crippen molar-refractivity contribution in [1.29, 1.82) is 0 Å². The van der Waals surface area contributed by atoms with Crippen LogP contribution in [0.4, 0.5) is 5.69 Å². The zero-order chi connectivity index (χ0) is 29.1. The number of phenols is 1. The van der Waals surface area contributed by atoms with E-state index in [0.717, 1.165) is 19.3 Å². The fourth-order valence-corrected chi connectivity index (χ4v) is 4.29. The summed E-state index contributed by atoms with van der Waals surface area (Å²) in [4.78, 5) is 63.1. The number of ether oxygens (including phenoxy) is 3. The average Bonchev–Trinajstić information content (AvgIpc) is 2.92. The molecule has 39 heavy (non-hydrogen) atoms. The lowest BCUT2D eigenvalue weighted by atomic mass is 9.91. The molecular formula is C28H40N2O9. The van der Waals surface area contributed by atoms with Crippen molar-refractivity contribution in [2.75, 3.05) is 5.32 Å². The van der Waals surface area contributed by atoms with E-state index in [1.165, 1.54) is 32.0 Å². The van der Waals surface area contributed by atoms with Crippen LogP contribution in [0.3, 0.4) is 0 Å². The smallest absolute Gasteiger partial charge is 0.332 e. The van der Waals surface area contributed by atoms with Crippen LogP contribution in [0, 0.1) is 11.8 Å². The van der Waals surface area contributed by atoms with Gasteiger partial charge in [0.15, 0.2) is 17.9 Å². The fourth-order valence-electron chi connectivity index (χ4n) is 4.29. The van der Waals surface area contributed by atoms with Gasteiger partial charge in [-0.3, -0.25) is 19.2 Å². The van der Waals surface area contributed by atoms with Gasteiger partial charge in [0.1, 0.15) is 12.2 Å². The van der Waals surface area contributed by atoms with Crippen molar-refractivity contribution in [2.24, 2.45) is 11.8 Å². The van der Waals surface area contributed by atoms with Crippen molar-refractivity contribution in [1.82, 2.24) is 5.32 Å². The Kier molecular flexibility index (Phi) is 12.2. The average molecular weight is 549 g/mol. The number of hydrogen-bond donors (Lipinski definition) is 3. The van der Waals surface area contributed by atoms with Gasteiger partial charge in [-0.2, -0.15) is 0 Å². The number of esters is 3. The molecule has 0 aromatic heterocycles. The highest BCUT2D eigenvalue weighted by Crippen LogP contribution is 2.29. The van der Waals surface area contributed by atoms with Gasteiger partial charge >= 0.3 is 17.9 Å². The number of rotatable bonds is 12. The largest absolute Gasteiger partial charge is 0.505 e. The number of phenolic OH excluding ortho intramolecular Hbond substituents is 1. The summed E-state index contributed by atoms with van der Waals surface area (Å²) in [6.07, 6.45) is 1.57. The number of unbranched alkanes of at least 4 members (excludes halogenated alkanes) is 3. The molecule has 1 aromatic carbocycles. The molecule has 0 spiro atoms. The molecule has 1 fully saturated rings. The zero-order valence-electron chi connectivity index (χ0n) is 23.2. The molecule has 11 nitrogen and oxygen atoms in total. The van der Waals surface area contributed by atoms with Crippen LogP contribution in [0.25, 0.3) is 0 Å². The molecule has 1 aliphatic heterocycles. The molecule has 0 saturated carbocycles. The van der Waals surface area contributed by atoms with Crippen LogP contribution >= 0.6 is 0 Å². The topological polar surface area (TPSA) is 157 Å². The molecule has 0 radical (unpaired) electrons. The van der Waals surface area contributed by atoms with E-state index in [0.29, 0.717) is 25.7 Å². The Labute approximate surface area is 228 Å². The summed E-state index contributed by atoms with van der Waals surface area (Å²) in [5.41, 5.74) is -0.213. The lowest BCUT2D eigenvalue weighted by molar-refractivity contribution is -0.177. The summed E-state index contributed by atoms with van der Waals surface area (Å²) in [5.74, 6) is -4.70. The maximum Gasteiger partial charge on any atom is 0.332 e. The minimum atomic E-state index is -1.42. The number of amides is 2. The van der Waals surface area contributed by atoms with Gasteiger partial charge in [-0.15, -0.1) is 0 Å². The molecule has 1 heterocycles. The van der Waals surface area contributed by atoms with Crippen molar-refractivity contribution in [3.63, 3.8) is 0 Å². The van der Waals surface area contributed by atoms with Crippen LogP contribution in [0.5, 0.6) is 5.75 Å². The summed E-state index contributed by atoms with van der Waals surface area (Å²) in [6.45, 7) is 8.60. The summed E-state index contributed by atoms with van der Waals surface area (Å²) in [6, 6.07) is 2.71. The van der Waals surface area contributed by atoms with Crippen LogP contribution in [-0.2, 0) is 33.4 Å². The van der Waals surface area contributed by atoms with Crippen molar-refractivity contribution in [3.8, 4) is 5.75 Å². The molecule has 0 aliphatic carbocycles. The Balaban J connectivity index is 2.35. The first kappa shape index (κ1) is 31.6. The molecule has 6 atom stereocenters. The van der Waals surface area contributed by atoms with Crippen molar-refractivity contribution in [3.05, 3.63) is 23.8 Å². The van der Waals surface area contributed by atoms with E-state index in [-0.39, 0.29) is 11.3 Å². The number of carbonyl (C=O) groups is 5. The van der Waals surface area contributed by atoms with Crippen molar-refractivity contribution < 1.29 is 43.3 Å². The first-order valence-corrected chi connectivity index (χ1v) is 13.5. The molecule has 1 saturated heterocycles. The monoisotopic (exact) mass is 548 g/mol. The van der Waals surface area contributed by atoms with Crippen LogP contribution in [0.1, 0.15) is 83.5 Å². The molecule has 1 aliphatic rings. The summed E-state index contributed by atoms with van der Waals surface area (Å²) in [5, 5.41) is 15.1. The first-order chi connectivity index (χ1) is 18.5. The Morgan fingerprint density at radius 2 is 1.77 bits per heavy atom. The summed E-state index contributed by atoms with van der Waals surface area (Å²) in [7, 11) is 0. The SMILES string of the molecule is CCCCCC[C@H]1C(=O)O[C@H](C)[C@H](NC(=O)c2cccc(NC=O)c2O)C(=O)O[C@@H](C)[C@@H]1OC(=O)[C@@H](C)CC. The normalized spacial score (nSPS) is 24.2. The van der Waals surface area contributed by atoms with Crippen LogP contribution in [0.2, 0.25) is 0 Å². The minimum Gasteiger partial charge on any atom is -0.505 e. The van der Waals surface area contributed by atoms with E-state index in [1.807, 2.05) is 6.92 Å². The number of cyclic esters (lactones) is 2. The standard InChI is InChI=1S/C28H40N2O9/c1-6-8-9-10-12-20-24(39-26(34)16(3)7-2)18(5)38-28(36)22(17(4)37-27(20)35)30-25(33)19-13-11-14-21(23(19)32)29-15-31/h11,13-18,20,22,24,32H,6-10,12H2,1-5H3,(H,29,31)(H,30,33)/t16-,17+,18-,20+,22-,24-/m0/s1. The molecule has 1 aromatic rings. The highest BCUT2D eigenvalue weighted by atomic mass is 16.6. The Morgan fingerprint density at radius 3 is 2.41 bits per heavy atom. The van der Waals surface area contributed by atoms with E-state index in [2.05, 4.69) is 17.6 Å². The minimum absolute atomic E-state index is 0.000304. The molecule has 2 rings (SSSR count). The Bertz CT molecular complexity index is 1030. The van der Waals surface area contributed by atoms with Crippen molar-refractivity contribution in [2.45, 2.75) is 97.5 Å². The molecule has 11 heteroatoms. The van der Waals surface area contributed by atoms with E-state index in [1.54, 1.807) is 6.92 Å². The third kappa shape index (κ3) is 8.43. The molecule has 0 bridgehead atoms. The highest BCUT2D eigenvalue weighted by molar-refractivity contribution is 6.01. The predicted molar refractivity (Wildman–Crippen MR) is 142 cm³/mol. The second-order valence-corrected chi connectivity index (χ2v) is 9.87. The number of anilines is 1. The Morgan fingerprint density at radius 1 is 1.08 bits per heavy atom. The number of para-hydroxylation sites is 1. The highest BCUT2D eigenvalue weighted by Gasteiger charge is 2.44. The van der Waals surface area contributed by atoms with Gasteiger partial charge < -0.3 is 30.0 Å². The lowest BCUT2D eigenvalue weighted by Crippen LogP contribution is -2.50. The van der Waals surface area contributed by atoms with Gasteiger partial charge in [0.25, 0.3) is 5.91 Å². The number of aromatic hydroxyl groups is 1. The van der Waals surface area contributed by atoms with E-state index in [9.17, 15) is 29.1 Å². The zero-order valence-corrected chi connectivity index (χ0v) is 23.2. The quantitative estimate of drug-likeness (QED) is 0.117. The predicted octanol–water partition coefficient (Wildman–Crippen LogP) is 3.48. The van der Waals surface area contributed by atoms with Crippen molar-refractivity contribution >= 4 is 35.9 Å². The third-order valence-electron chi connectivity index (χ3n) is 6.91. The van der Waals surface area contributed by atoms with Gasteiger partial charge in [0, 0.05) is 0 Å². The number of nitrogens with one attached hydrogen (secondary N) is 2. The molecule has 3 N–H and O–H groups in total. The number of hydrogen-bond acceptors (Lipinski definition) is 9. The van der Waals surface area contributed by atoms with Crippen LogP contribution in [0.15, 0.2) is 18.2 Å². The fraction of sp³-hybridized carbons (Fsp3) is 0.607. The van der Waals surface area contributed by atoms with Gasteiger partial charge in [0.2, 0.25) is 6.41 Å². The maximum atomic E-state index is 13.4. The number of benzene rings is 1. The second-order valence-electron chi connectivity index (χ2n) is 9.87. The Hall–Kier alpha value is -3.63.